The Morgan fingerprint density at radius 3 is 2.54 bits per heavy atom. The normalized spacial score (nSPS) is 35.6. The standard InChI is InChI=1S/C27H42N2O5S/c1-15-9-8-10-21-22(34-21)12-20(16(2)11-19-14-35-18(4)28-19)29(7)24(31)13-23(30)27(5,6)26(33)17(3)25(15)32/h11,14-15,17,20-23,25,30,32H,8-10,12-13H2,1-7H3/b16-11+/t15-,17+,20-,21+,22+,23-,25-/m1/s1. The van der Waals surface area contributed by atoms with Crippen molar-refractivity contribution in [1.29, 1.82) is 0 Å². The first kappa shape index (κ1) is 28.0. The number of hydrogen-bond acceptors (Lipinski definition) is 7. The number of thiazole rings is 1. The van der Waals surface area contributed by atoms with Crippen molar-refractivity contribution in [2.45, 2.75) is 104 Å². The van der Waals surface area contributed by atoms with Crippen LogP contribution in [0, 0.1) is 24.2 Å². The number of carbonyl (C=O) groups excluding carboxylic acids is 2. The van der Waals surface area contributed by atoms with Gasteiger partial charge in [0.15, 0.2) is 0 Å². The smallest absolute Gasteiger partial charge is 0.225 e. The quantitative estimate of drug-likeness (QED) is 0.588. The zero-order valence-corrected chi connectivity index (χ0v) is 23.0. The Morgan fingerprint density at radius 2 is 1.91 bits per heavy atom. The van der Waals surface area contributed by atoms with Crippen LogP contribution >= 0.6 is 11.3 Å². The van der Waals surface area contributed by atoms with Crippen molar-refractivity contribution in [3.05, 3.63) is 21.7 Å². The van der Waals surface area contributed by atoms with Crippen LogP contribution in [0.15, 0.2) is 11.0 Å². The Labute approximate surface area is 213 Å². The van der Waals surface area contributed by atoms with Crippen molar-refractivity contribution in [3.8, 4) is 0 Å². The van der Waals surface area contributed by atoms with Gasteiger partial charge in [-0.2, -0.15) is 0 Å². The molecule has 35 heavy (non-hydrogen) atoms. The van der Waals surface area contributed by atoms with Gasteiger partial charge in [0, 0.05) is 24.8 Å². The molecular weight excluding hydrogens is 464 g/mol. The highest BCUT2D eigenvalue weighted by atomic mass is 32.1. The number of ether oxygens (including phenoxy) is 1. The number of aliphatic hydroxyl groups excluding tert-OH is 2. The van der Waals surface area contributed by atoms with Gasteiger partial charge < -0.3 is 19.8 Å². The monoisotopic (exact) mass is 506 g/mol. The van der Waals surface area contributed by atoms with Crippen LogP contribution in [0.5, 0.6) is 0 Å². The summed E-state index contributed by atoms with van der Waals surface area (Å²) in [6, 6.07) is -0.196. The van der Waals surface area contributed by atoms with Crippen molar-refractivity contribution < 1.29 is 24.5 Å². The lowest BCUT2D eigenvalue weighted by Crippen LogP contribution is -2.47. The van der Waals surface area contributed by atoms with Gasteiger partial charge in [0.2, 0.25) is 5.91 Å². The van der Waals surface area contributed by atoms with E-state index in [0.29, 0.717) is 6.42 Å². The number of ketones is 1. The molecule has 0 aliphatic carbocycles. The van der Waals surface area contributed by atoms with Crippen molar-refractivity contribution in [3.63, 3.8) is 0 Å². The second-order valence-electron chi connectivity index (χ2n) is 11.1. The Balaban J connectivity index is 1.87. The van der Waals surface area contributed by atoms with Gasteiger partial charge in [0.05, 0.1) is 53.0 Å². The van der Waals surface area contributed by atoms with E-state index < -0.39 is 23.5 Å². The van der Waals surface area contributed by atoms with Gasteiger partial charge in [-0.25, -0.2) is 4.98 Å². The average molecular weight is 507 g/mol. The lowest BCUT2D eigenvalue weighted by atomic mass is 9.73. The summed E-state index contributed by atoms with van der Waals surface area (Å²) in [7, 11) is 1.76. The highest BCUT2D eigenvalue weighted by molar-refractivity contribution is 7.09. The summed E-state index contributed by atoms with van der Waals surface area (Å²) < 4.78 is 5.97. The van der Waals surface area contributed by atoms with Crippen LogP contribution in [0.2, 0.25) is 0 Å². The van der Waals surface area contributed by atoms with Crippen LogP contribution in [-0.4, -0.2) is 69.3 Å². The highest BCUT2D eigenvalue weighted by Gasteiger charge is 2.44. The highest BCUT2D eigenvalue weighted by Crippen LogP contribution is 2.36. The summed E-state index contributed by atoms with van der Waals surface area (Å²) in [5, 5.41) is 24.8. The SMILES string of the molecule is C/C(=C\c1csc(C)n1)[C@H]1C[C@@H]2O[C@H]2CCC[C@@H](C)[C@@H](O)[C@H](C)C(=O)C(C)(C)[C@H](O)CC(=O)N1C. The number of hydrogen-bond donors (Lipinski definition) is 2. The van der Waals surface area contributed by atoms with Gasteiger partial charge in [-0.15, -0.1) is 11.3 Å². The average Bonchev–Trinajstić information content (AvgIpc) is 3.42. The Hall–Kier alpha value is -1.61. The predicted molar refractivity (Wildman–Crippen MR) is 138 cm³/mol. The van der Waals surface area contributed by atoms with Gasteiger partial charge in [0.25, 0.3) is 0 Å². The number of carbonyl (C=O) groups is 2. The first-order valence-electron chi connectivity index (χ1n) is 12.7. The van der Waals surface area contributed by atoms with Crippen molar-refractivity contribution >= 4 is 29.1 Å². The minimum atomic E-state index is -1.16. The first-order valence-corrected chi connectivity index (χ1v) is 13.6. The van der Waals surface area contributed by atoms with Gasteiger partial charge in [0.1, 0.15) is 5.78 Å². The molecule has 0 aromatic carbocycles. The molecule has 1 aromatic heterocycles. The van der Waals surface area contributed by atoms with Crippen molar-refractivity contribution in [1.82, 2.24) is 9.88 Å². The molecule has 8 heteroatoms. The summed E-state index contributed by atoms with van der Waals surface area (Å²) in [6.45, 7) is 11.0. The van der Waals surface area contributed by atoms with E-state index in [4.69, 9.17) is 4.74 Å². The third kappa shape index (κ3) is 6.59. The van der Waals surface area contributed by atoms with E-state index in [1.54, 1.807) is 44.1 Å². The predicted octanol–water partition coefficient (Wildman–Crippen LogP) is 4.00. The molecule has 2 N–H and O–H groups in total. The molecule has 3 heterocycles. The lowest BCUT2D eigenvalue weighted by Gasteiger charge is -2.36. The zero-order valence-electron chi connectivity index (χ0n) is 22.2. The number of fused-ring (bicyclic) bond motifs is 1. The molecule has 1 aromatic rings. The summed E-state index contributed by atoms with van der Waals surface area (Å²) >= 11 is 1.59. The Bertz CT molecular complexity index is 942. The second-order valence-corrected chi connectivity index (χ2v) is 12.2. The van der Waals surface area contributed by atoms with Gasteiger partial charge in [-0.05, 0) is 44.3 Å². The molecule has 0 unspecified atom stereocenters. The minimum Gasteiger partial charge on any atom is -0.392 e. The van der Waals surface area contributed by atoms with E-state index in [-0.39, 0.29) is 42.3 Å². The van der Waals surface area contributed by atoms with Crippen LogP contribution in [-0.2, 0) is 14.3 Å². The largest absolute Gasteiger partial charge is 0.392 e. The molecule has 2 fully saturated rings. The number of epoxide rings is 1. The number of rotatable bonds is 2. The molecule has 1 amide bonds. The number of aromatic nitrogens is 1. The van der Waals surface area contributed by atoms with Gasteiger partial charge >= 0.3 is 0 Å². The van der Waals surface area contributed by atoms with E-state index in [1.165, 1.54) is 0 Å². The van der Waals surface area contributed by atoms with Crippen LogP contribution in [0.1, 0.15) is 77.4 Å². The molecule has 7 atom stereocenters. The number of likely N-dealkylation sites (N-methyl/N-ethyl adjacent to an activating group) is 1. The maximum absolute atomic E-state index is 13.3. The van der Waals surface area contributed by atoms with E-state index >= 15 is 0 Å². The maximum atomic E-state index is 13.3. The number of Topliss-reactive ketones (excluding diaryl/α,β-unsaturated/α-hetero) is 1. The number of amides is 1. The summed E-state index contributed by atoms with van der Waals surface area (Å²) in [6.07, 6.45) is 3.41. The Kier molecular flexibility index (Phi) is 8.95. The molecule has 0 spiro atoms. The van der Waals surface area contributed by atoms with Gasteiger partial charge in [-0.1, -0.05) is 34.1 Å². The summed E-state index contributed by atoms with van der Waals surface area (Å²) in [4.78, 5) is 32.8. The number of aliphatic hydroxyl groups is 2. The van der Waals surface area contributed by atoms with E-state index in [1.807, 2.05) is 32.2 Å². The third-order valence-corrected chi connectivity index (χ3v) is 8.83. The van der Waals surface area contributed by atoms with E-state index in [2.05, 4.69) is 4.98 Å². The second kappa shape index (κ2) is 11.2. The fraction of sp³-hybridized carbons (Fsp3) is 0.741. The van der Waals surface area contributed by atoms with E-state index in [9.17, 15) is 19.8 Å². The Morgan fingerprint density at radius 1 is 1.23 bits per heavy atom. The van der Waals surface area contributed by atoms with Crippen molar-refractivity contribution in [2.24, 2.45) is 17.3 Å². The van der Waals surface area contributed by atoms with Gasteiger partial charge in [-0.3, -0.25) is 9.59 Å². The molecule has 2 aliphatic rings. The fourth-order valence-corrected chi connectivity index (χ4v) is 5.81. The molecule has 0 bridgehead atoms. The molecule has 0 radical (unpaired) electrons. The topological polar surface area (TPSA) is 103 Å². The van der Waals surface area contributed by atoms with Crippen molar-refractivity contribution in [2.75, 3.05) is 7.05 Å². The van der Waals surface area contributed by atoms with E-state index in [0.717, 1.165) is 35.5 Å². The van der Waals surface area contributed by atoms with Crippen LogP contribution in [0.25, 0.3) is 6.08 Å². The van der Waals surface area contributed by atoms with Crippen LogP contribution in [0.4, 0.5) is 0 Å². The minimum absolute atomic E-state index is 0.0424. The molecule has 2 saturated heterocycles. The molecule has 7 nitrogen and oxygen atoms in total. The fourth-order valence-electron chi connectivity index (χ4n) is 5.23. The van der Waals surface area contributed by atoms with Crippen LogP contribution in [0.3, 0.4) is 0 Å². The molecule has 0 saturated carbocycles. The molecule has 3 rings (SSSR count). The summed E-state index contributed by atoms with van der Waals surface area (Å²) in [5.74, 6) is -1.11. The molecule has 196 valence electrons. The zero-order chi connectivity index (χ0) is 26.1. The third-order valence-electron chi connectivity index (χ3n) is 8.04. The summed E-state index contributed by atoms with van der Waals surface area (Å²) in [5.41, 5.74) is 0.730. The number of aryl methyl sites for hydroxylation is 1. The molecule has 2 aliphatic heterocycles. The number of nitrogens with zero attached hydrogens (tertiary/aromatic N) is 2. The maximum Gasteiger partial charge on any atom is 0.225 e. The lowest BCUT2D eigenvalue weighted by molar-refractivity contribution is -0.145. The van der Waals surface area contributed by atoms with Crippen LogP contribution < -0.4 is 0 Å². The molecular formula is C27H42N2O5S. The first-order chi connectivity index (χ1) is 16.3.